The van der Waals surface area contributed by atoms with E-state index in [1.807, 2.05) is 5.48 Å². The van der Waals surface area contributed by atoms with Gasteiger partial charge in [0.25, 0.3) is 0 Å². The summed E-state index contributed by atoms with van der Waals surface area (Å²) in [4.78, 5) is 8.16. The second-order valence-corrected chi connectivity index (χ2v) is 5.94. The maximum absolute atomic E-state index is 10.7. The van der Waals surface area contributed by atoms with Crippen LogP contribution >= 0.6 is 0 Å². The molecule has 2 aromatic heterocycles. The van der Waals surface area contributed by atoms with E-state index in [9.17, 15) is 20.5 Å². The molecule has 1 aliphatic rings. The number of fused-ring (bicyclic) bond motifs is 1. The van der Waals surface area contributed by atoms with Gasteiger partial charge in [-0.2, -0.15) is 0 Å². The van der Waals surface area contributed by atoms with Gasteiger partial charge in [-0.1, -0.05) is 0 Å². The molecular weight excluding hydrogens is 332 g/mol. The van der Waals surface area contributed by atoms with E-state index in [-0.39, 0.29) is 5.82 Å². The molecule has 0 amide bonds. The molecule has 136 valence electrons. The zero-order chi connectivity index (χ0) is 18.2. The smallest absolute Gasteiger partial charge is 0.167 e. The minimum atomic E-state index is -1.67. The Morgan fingerprint density at radius 1 is 1.48 bits per heavy atom. The van der Waals surface area contributed by atoms with Crippen LogP contribution in [0.5, 0.6) is 0 Å². The van der Waals surface area contributed by atoms with Crippen LogP contribution in [0.2, 0.25) is 0 Å². The third kappa shape index (κ3) is 2.73. The minimum Gasteiger partial charge on any atom is -0.504 e. The van der Waals surface area contributed by atoms with Gasteiger partial charge >= 0.3 is 0 Å². The second kappa shape index (κ2) is 6.58. The van der Waals surface area contributed by atoms with Crippen molar-refractivity contribution in [3.05, 3.63) is 24.3 Å². The molecule has 1 fully saturated rings. The number of aliphatic hydroxyl groups excluding tert-OH is 2. The molecule has 2 aromatic rings. The highest BCUT2D eigenvalue weighted by molar-refractivity contribution is 5.95. The third-order valence-electron chi connectivity index (χ3n) is 4.32. The monoisotopic (exact) mass is 352 g/mol. The molecule has 0 bridgehead atoms. The van der Waals surface area contributed by atoms with Gasteiger partial charge in [-0.3, -0.25) is 10.7 Å². The van der Waals surface area contributed by atoms with Crippen molar-refractivity contribution in [1.82, 2.24) is 14.5 Å². The van der Waals surface area contributed by atoms with Gasteiger partial charge in [0.05, 0.1) is 25.4 Å². The van der Waals surface area contributed by atoms with Crippen LogP contribution in [0.3, 0.4) is 0 Å². The van der Waals surface area contributed by atoms with E-state index in [4.69, 9.17) is 9.47 Å². The molecule has 1 saturated heterocycles. The van der Waals surface area contributed by atoms with Crippen LogP contribution in [0.15, 0.2) is 18.8 Å². The van der Waals surface area contributed by atoms with Crippen LogP contribution in [0.25, 0.3) is 17.1 Å². The zero-order valence-corrected chi connectivity index (χ0v) is 13.7. The molecule has 4 unspecified atom stereocenters. The van der Waals surface area contributed by atoms with E-state index in [0.29, 0.717) is 16.6 Å². The molecule has 25 heavy (non-hydrogen) atoms. The Bertz CT molecular complexity index is 790. The summed E-state index contributed by atoms with van der Waals surface area (Å²) in [6.45, 7) is 0.975. The normalized spacial score (nSPS) is 29.6. The zero-order valence-electron chi connectivity index (χ0n) is 13.7. The van der Waals surface area contributed by atoms with E-state index in [2.05, 4.69) is 9.97 Å². The molecule has 1 aliphatic heterocycles. The van der Waals surface area contributed by atoms with Crippen molar-refractivity contribution in [2.45, 2.75) is 31.0 Å². The van der Waals surface area contributed by atoms with Crippen LogP contribution in [-0.4, -0.2) is 66.6 Å². The Hall–Kier alpha value is -2.24. The Balaban J connectivity index is 2.19. The van der Waals surface area contributed by atoms with Gasteiger partial charge in [0.15, 0.2) is 12.0 Å². The SMILES string of the molecule is CO/C=C/c1cn(C2OC(CO)C(O)C2(C)O)c2ncnc(NO)c12. The van der Waals surface area contributed by atoms with E-state index in [0.717, 1.165) is 0 Å². The second-order valence-electron chi connectivity index (χ2n) is 5.94. The van der Waals surface area contributed by atoms with Crippen molar-refractivity contribution >= 4 is 22.9 Å². The summed E-state index contributed by atoms with van der Waals surface area (Å²) < 4.78 is 12.1. The first-order valence-electron chi connectivity index (χ1n) is 7.57. The molecule has 0 saturated carbocycles. The van der Waals surface area contributed by atoms with Gasteiger partial charge in [-0.15, -0.1) is 0 Å². The van der Waals surface area contributed by atoms with E-state index >= 15 is 0 Å². The summed E-state index contributed by atoms with van der Waals surface area (Å²) in [7, 11) is 1.49. The number of hydrogen-bond donors (Lipinski definition) is 5. The van der Waals surface area contributed by atoms with Gasteiger partial charge in [0.1, 0.15) is 29.8 Å². The lowest BCUT2D eigenvalue weighted by molar-refractivity contribution is -0.0948. The lowest BCUT2D eigenvalue weighted by Gasteiger charge is -2.27. The van der Waals surface area contributed by atoms with Crippen molar-refractivity contribution in [1.29, 1.82) is 0 Å². The first kappa shape index (κ1) is 17.6. The van der Waals surface area contributed by atoms with E-state index in [1.165, 1.54) is 31.2 Å². The molecule has 4 atom stereocenters. The fourth-order valence-corrected chi connectivity index (χ4v) is 3.03. The largest absolute Gasteiger partial charge is 0.504 e. The van der Waals surface area contributed by atoms with E-state index < -0.39 is 30.6 Å². The predicted octanol–water partition coefficient (Wildman–Crippen LogP) is -0.149. The molecule has 0 aliphatic carbocycles. The number of nitrogens with one attached hydrogen (secondary N) is 1. The first-order valence-corrected chi connectivity index (χ1v) is 7.57. The Morgan fingerprint density at radius 3 is 2.84 bits per heavy atom. The average Bonchev–Trinajstić information content (AvgIpc) is 3.08. The van der Waals surface area contributed by atoms with Crippen LogP contribution < -0.4 is 5.48 Å². The summed E-state index contributed by atoms with van der Waals surface area (Å²) in [6, 6.07) is 0. The highest BCUT2D eigenvalue weighted by Gasteiger charge is 2.53. The lowest BCUT2D eigenvalue weighted by atomic mass is 9.96. The van der Waals surface area contributed by atoms with Crippen molar-refractivity contribution in [3.8, 4) is 0 Å². The fourth-order valence-electron chi connectivity index (χ4n) is 3.03. The number of aromatic nitrogens is 3. The number of ether oxygens (including phenoxy) is 2. The van der Waals surface area contributed by atoms with Crippen LogP contribution in [0.4, 0.5) is 5.82 Å². The van der Waals surface area contributed by atoms with Crippen LogP contribution in [0, 0.1) is 0 Å². The number of nitrogens with zero attached hydrogens (tertiary/aromatic N) is 3. The first-order chi connectivity index (χ1) is 12.0. The quantitative estimate of drug-likeness (QED) is 0.367. The number of methoxy groups -OCH3 is 1. The Kier molecular flexibility index (Phi) is 4.62. The van der Waals surface area contributed by atoms with E-state index in [1.54, 1.807) is 12.3 Å². The minimum absolute atomic E-state index is 0.163. The van der Waals surface area contributed by atoms with Crippen molar-refractivity contribution in [2.75, 3.05) is 19.2 Å². The maximum Gasteiger partial charge on any atom is 0.167 e. The van der Waals surface area contributed by atoms with Gasteiger partial charge in [0, 0.05) is 11.8 Å². The van der Waals surface area contributed by atoms with Crippen LogP contribution in [-0.2, 0) is 9.47 Å². The topological polar surface area (TPSA) is 142 Å². The Labute approximate surface area is 142 Å². The summed E-state index contributed by atoms with van der Waals surface area (Å²) in [5.74, 6) is 0.163. The third-order valence-corrected chi connectivity index (χ3v) is 4.32. The van der Waals surface area contributed by atoms with Crippen molar-refractivity contribution in [3.63, 3.8) is 0 Å². The molecule has 0 spiro atoms. The fraction of sp³-hybridized carbons (Fsp3) is 0.467. The predicted molar refractivity (Wildman–Crippen MR) is 86.6 cm³/mol. The molecule has 10 heteroatoms. The maximum atomic E-state index is 10.7. The molecule has 0 radical (unpaired) electrons. The van der Waals surface area contributed by atoms with Crippen molar-refractivity contribution in [2.24, 2.45) is 0 Å². The van der Waals surface area contributed by atoms with Gasteiger partial charge in [0.2, 0.25) is 0 Å². The number of aliphatic hydroxyl groups is 3. The molecule has 0 aromatic carbocycles. The molecule has 10 nitrogen and oxygen atoms in total. The highest BCUT2D eigenvalue weighted by atomic mass is 16.6. The molecular formula is C15H20N4O6. The van der Waals surface area contributed by atoms with Gasteiger partial charge < -0.3 is 29.4 Å². The number of rotatable bonds is 5. The van der Waals surface area contributed by atoms with Crippen LogP contribution in [0.1, 0.15) is 18.7 Å². The number of anilines is 1. The van der Waals surface area contributed by atoms with Gasteiger partial charge in [-0.05, 0) is 13.0 Å². The summed E-state index contributed by atoms with van der Waals surface area (Å²) in [5.41, 5.74) is 1.29. The average molecular weight is 352 g/mol. The standard InChI is InChI=1S/C15H20N4O6/c1-15(22)11(21)9(6-20)25-14(15)19-5-8(3-4-24-2)10-12(18-23)16-7-17-13(10)19/h3-5,7,9,11,14,20-23H,6H2,1-2H3,(H,16,17,18)/b4-3+. The van der Waals surface area contributed by atoms with Crippen molar-refractivity contribution < 1.29 is 30.0 Å². The number of hydrogen-bond acceptors (Lipinski definition) is 9. The molecule has 5 N–H and O–H groups in total. The summed E-state index contributed by atoms with van der Waals surface area (Å²) in [5, 5.41) is 40.0. The molecule has 3 rings (SSSR count). The van der Waals surface area contributed by atoms with Gasteiger partial charge in [-0.25, -0.2) is 9.97 Å². The highest BCUT2D eigenvalue weighted by Crippen LogP contribution is 2.41. The molecule has 3 heterocycles. The summed E-state index contributed by atoms with van der Waals surface area (Å²) >= 11 is 0. The Morgan fingerprint density at radius 2 is 2.24 bits per heavy atom. The lowest BCUT2D eigenvalue weighted by Crippen LogP contribution is -2.44. The summed E-state index contributed by atoms with van der Waals surface area (Å²) in [6.07, 6.45) is 2.71.